The van der Waals surface area contributed by atoms with Gasteiger partial charge in [0.15, 0.2) is 5.13 Å². The van der Waals surface area contributed by atoms with Crippen LogP contribution in [0.15, 0.2) is 29.6 Å². The van der Waals surface area contributed by atoms with Gasteiger partial charge in [-0.05, 0) is 24.6 Å². The van der Waals surface area contributed by atoms with E-state index in [1.165, 1.54) is 11.3 Å². The van der Waals surface area contributed by atoms with E-state index in [1.54, 1.807) is 19.4 Å². The van der Waals surface area contributed by atoms with Gasteiger partial charge >= 0.3 is 6.09 Å². The molecule has 1 heterocycles. The summed E-state index contributed by atoms with van der Waals surface area (Å²) in [6, 6.07) is 7.49. The van der Waals surface area contributed by atoms with E-state index in [4.69, 9.17) is 9.47 Å². The molecule has 0 fully saturated rings. The molecule has 2 N–H and O–H groups in total. The number of benzene rings is 1. The second-order valence-corrected chi connectivity index (χ2v) is 5.65. The molecule has 2 aromatic rings. The lowest BCUT2D eigenvalue weighted by molar-refractivity contribution is -0.120. The van der Waals surface area contributed by atoms with E-state index in [-0.39, 0.29) is 18.9 Å². The first-order chi connectivity index (χ1) is 11.6. The van der Waals surface area contributed by atoms with Crippen molar-refractivity contribution in [3.63, 3.8) is 0 Å². The van der Waals surface area contributed by atoms with Crippen LogP contribution >= 0.6 is 11.3 Å². The van der Waals surface area contributed by atoms with Crippen LogP contribution in [0.25, 0.3) is 0 Å². The number of amides is 2. The minimum absolute atomic E-state index is 0.144. The molecule has 0 aliphatic rings. The number of carbonyl (C=O) groups excluding carboxylic acids is 2. The average Bonchev–Trinajstić information content (AvgIpc) is 3.00. The standard InChI is InChI=1S/C16H19N3O4S/c1-3-23-16(21)19-15-18-12(10-24-15)8-14(20)17-9-11-5-4-6-13(7-11)22-2/h4-7,10H,3,8-9H2,1-2H3,(H,17,20)(H,18,19,21). The molecule has 7 nitrogen and oxygen atoms in total. The zero-order valence-corrected chi connectivity index (χ0v) is 14.3. The molecule has 0 saturated carbocycles. The van der Waals surface area contributed by atoms with E-state index in [0.717, 1.165) is 11.3 Å². The molecule has 2 amide bonds. The molecular formula is C16H19N3O4S. The fraction of sp³-hybridized carbons (Fsp3) is 0.312. The van der Waals surface area contributed by atoms with E-state index in [9.17, 15) is 9.59 Å². The summed E-state index contributed by atoms with van der Waals surface area (Å²) >= 11 is 1.25. The maximum atomic E-state index is 12.0. The van der Waals surface area contributed by atoms with Crippen molar-refractivity contribution in [2.75, 3.05) is 19.0 Å². The maximum Gasteiger partial charge on any atom is 0.413 e. The van der Waals surface area contributed by atoms with Crippen molar-refractivity contribution in [3.8, 4) is 5.75 Å². The molecule has 0 aliphatic heterocycles. The van der Waals surface area contributed by atoms with Crippen molar-refractivity contribution >= 4 is 28.5 Å². The highest BCUT2D eigenvalue weighted by atomic mass is 32.1. The van der Waals surface area contributed by atoms with Crippen LogP contribution in [0, 0.1) is 0 Å². The van der Waals surface area contributed by atoms with Crippen LogP contribution in [0.3, 0.4) is 0 Å². The van der Waals surface area contributed by atoms with Crippen LogP contribution in [0.4, 0.5) is 9.93 Å². The summed E-state index contributed by atoms with van der Waals surface area (Å²) in [5, 5.41) is 7.47. The molecule has 24 heavy (non-hydrogen) atoms. The summed E-state index contributed by atoms with van der Waals surface area (Å²) in [7, 11) is 1.60. The number of aromatic nitrogens is 1. The van der Waals surface area contributed by atoms with Crippen molar-refractivity contribution < 1.29 is 19.1 Å². The Morgan fingerprint density at radius 3 is 2.92 bits per heavy atom. The highest BCUT2D eigenvalue weighted by molar-refractivity contribution is 7.13. The summed E-state index contributed by atoms with van der Waals surface area (Å²) in [4.78, 5) is 27.5. The van der Waals surface area contributed by atoms with E-state index in [1.807, 2.05) is 24.3 Å². The van der Waals surface area contributed by atoms with E-state index in [0.29, 0.717) is 17.4 Å². The second kappa shape index (κ2) is 8.88. The Bertz CT molecular complexity index is 702. The predicted octanol–water partition coefficient (Wildman–Crippen LogP) is 2.58. The lowest BCUT2D eigenvalue weighted by Crippen LogP contribution is -2.24. The van der Waals surface area contributed by atoms with Gasteiger partial charge in [-0.25, -0.2) is 9.78 Å². The second-order valence-electron chi connectivity index (χ2n) is 4.79. The Morgan fingerprint density at radius 1 is 1.33 bits per heavy atom. The Balaban J connectivity index is 1.82. The lowest BCUT2D eigenvalue weighted by Gasteiger charge is -2.06. The molecule has 8 heteroatoms. The largest absolute Gasteiger partial charge is 0.497 e. The lowest BCUT2D eigenvalue weighted by atomic mass is 10.2. The number of nitrogens with one attached hydrogen (secondary N) is 2. The monoisotopic (exact) mass is 349 g/mol. The molecule has 0 atom stereocenters. The molecule has 1 aromatic heterocycles. The highest BCUT2D eigenvalue weighted by Crippen LogP contribution is 2.16. The summed E-state index contributed by atoms with van der Waals surface area (Å²) < 4.78 is 9.91. The molecule has 1 aromatic carbocycles. The number of hydrogen-bond acceptors (Lipinski definition) is 6. The minimum Gasteiger partial charge on any atom is -0.497 e. The van der Waals surface area contributed by atoms with Crippen molar-refractivity contribution in [2.24, 2.45) is 0 Å². The number of nitrogens with zero attached hydrogens (tertiary/aromatic N) is 1. The van der Waals surface area contributed by atoms with Crippen LogP contribution in [-0.4, -0.2) is 30.7 Å². The van der Waals surface area contributed by atoms with Crippen molar-refractivity contribution in [3.05, 3.63) is 40.9 Å². The van der Waals surface area contributed by atoms with E-state index in [2.05, 4.69) is 15.6 Å². The van der Waals surface area contributed by atoms with Gasteiger partial charge in [-0.3, -0.25) is 10.1 Å². The van der Waals surface area contributed by atoms with Crippen molar-refractivity contribution in [2.45, 2.75) is 19.9 Å². The maximum absolute atomic E-state index is 12.0. The third-order valence-electron chi connectivity index (χ3n) is 3.00. The first kappa shape index (κ1) is 17.7. The number of carbonyl (C=O) groups is 2. The van der Waals surface area contributed by atoms with E-state index >= 15 is 0 Å². The number of thiazole rings is 1. The van der Waals surface area contributed by atoms with Crippen LogP contribution in [0.2, 0.25) is 0 Å². The van der Waals surface area contributed by atoms with Crippen LogP contribution in [0.1, 0.15) is 18.2 Å². The highest BCUT2D eigenvalue weighted by Gasteiger charge is 2.10. The number of hydrogen-bond donors (Lipinski definition) is 2. The topological polar surface area (TPSA) is 89.5 Å². The van der Waals surface area contributed by atoms with Crippen LogP contribution < -0.4 is 15.4 Å². The summed E-state index contributed by atoms with van der Waals surface area (Å²) in [5.41, 5.74) is 1.54. The summed E-state index contributed by atoms with van der Waals surface area (Å²) in [6.07, 6.45) is -0.411. The molecule has 0 spiro atoms. The average molecular weight is 349 g/mol. The van der Waals surface area contributed by atoms with Gasteiger partial charge < -0.3 is 14.8 Å². The summed E-state index contributed by atoms with van der Waals surface area (Å²) in [6.45, 7) is 2.42. The molecule has 0 saturated heterocycles. The molecule has 128 valence electrons. The van der Waals surface area contributed by atoms with Gasteiger partial charge in [-0.15, -0.1) is 11.3 Å². The third-order valence-corrected chi connectivity index (χ3v) is 3.81. The number of anilines is 1. The van der Waals surface area contributed by atoms with Gasteiger partial charge in [0.2, 0.25) is 5.91 Å². The Labute approximate surface area is 144 Å². The number of methoxy groups -OCH3 is 1. The zero-order valence-electron chi connectivity index (χ0n) is 13.5. The van der Waals surface area contributed by atoms with Crippen molar-refractivity contribution in [1.82, 2.24) is 10.3 Å². The molecular weight excluding hydrogens is 330 g/mol. The molecule has 0 bridgehead atoms. The van der Waals surface area contributed by atoms with Gasteiger partial charge in [0.1, 0.15) is 5.75 Å². The van der Waals surface area contributed by atoms with Gasteiger partial charge in [-0.1, -0.05) is 12.1 Å². The van der Waals surface area contributed by atoms with Gasteiger partial charge in [-0.2, -0.15) is 0 Å². The van der Waals surface area contributed by atoms with Crippen molar-refractivity contribution in [1.29, 1.82) is 0 Å². The molecule has 0 unspecified atom stereocenters. The SMILES string of the molecule is CCOC(=O)Nc1nc(CC(=O)NCc2cccc(OC)c2)cs1. The van der Waals surface area contributed by atoms with Crippen LogP contribution in [0.5, 0.6) is 5.75 Å². The van der Waals surface area contributed by atoms with Gasteiger partial charge in [0, 0.05) is 11.9 Å². The minimum atomic E-state index is -0.555. The Kier molecular flexibility index (Phi) is 6.56. The number of ether oxygens (including phenoxy) is 2. The fourth-order valence-electron chi connectivity index (χ4n) is 1.91. The molecule has 0 aliphatic carbocycles. The first-order valence-corrected chi connectivity index (χ1v) is 8.26. The first-order valence-electron chi connectivity index (χ1n) is 7.38. The van der Waals surface area contributed by atoms with Gasteiger partial charge in [0.25, 0.3) is 0 Å². The molecule has 2 rings (SSSR count). The normalized spacial score (nSPS) is 10.1. The van der Waals surface area contributed by atoms with E-state index < -0.39 is 6.09 Å². The van der Waals surface area contributed by atoms with Gasteiger partial charge in [0.05, 0.1) is 25.8 Å². The third kappa shape index (κ3) is 5.54. The molecule has 0 radical (unpaired) electrons. The fourth-order valence-corrected chi connectivity index (χ4v) is 2.61. The Hall–Kier alpha value is -2.61. The number of rotatable bonds is 7. The predicted molar refractivity (Wildman–Crippen MR) is 91.3 cm³/mol. The quantitative estimate of drug-likeness (QED) is 0.802. The Morgan fingerprint density at radius 2 is 2.17 bits per heavy atom. The smallest absolute Gasteiger partial charge is 0.413 e. The van der Waals surface area contributed by atoms with Crippen LogP contribution in [-0.2, 0) is 22.5 Å². The zero-order chi connectivity index (χ0) is 17.4. The summed E-state index contributed by atoms with van der Waals surface area (Å²) in [5.74, 6) is 0.599.